The van der Waals surface area contributed by atoms with E-state index in [2.05, 4.69) is 5.32 Å². The van der Waals surface area contributed by atoms with Crippen molar-refractivity contribution in [2.24, 2.45) is 11.1 Å². The Kier molecular flexibility index (Phi) is 3.52. The van der Waals surface area contributed by atoms with Crippen molar-refractivity contribution in [3.63, 3.8) is 0 Å². The molecule has 0 heterocycles. The van der Waals surface area contributed by atoms with Crippen LogP contribution in [0.5, 0.6) is 5.75 Å². The van der Waals surface area contributed by atoms with Crippen molar-refractivity contribution < 1.29 is 13.9 Å². The Hall–Kier alpha value is -1.62. The van der Waals surface area contributed by atoms with Crippen LogP contribution >= 0.6 is 0 Å². The molecule has 1 aromatic carbocycles. The first-order valence-electron chi connectivity index (χ1n) is 5.96. The number of benzene rings is 1. The van der Waals surface area contributed by atoms with Gasteiger partial charge in [0.1, 0.15) is 0 Å². The van der Waals surface area contributed by atoms with Crippen molar-refractivity contribution in [3.8, 4) is 5.75 Å². The highest BCUT2D eigenvalue weighted by Crippen LogP contribution is 2.41. The molecule has 98 valence electrons. The number of nitrogens with one attached hydrogen (secondary N) is 1. The van der Waals surface area contributed by atoms with Crippen molar-refractivity contribution in [3.05, 3.63) is 24.0 Å². The minimum absolute atomic E-state index is 0.0927. The summed E-state index contributed by atoms with van der Waals surface area (Å²) in [5.41, 5.74) is 5.74. The van der Waals surface area contributed by atoms with Gasteiger partial charge in [0.05, 0.1) is 12.5 Å². The molecule has 0 unspecified atom stereocenters. The summed E-state index contributed by atoms with van der Waals surface area (Å²) < 4.78 is 18.1. The quantitative estimate of drug-likeness (QED) is 0.860. The summed E-state index contributed by atoms with van der Waals surface area (Å²) in [6, 6.07) is 4.25. The molecule has 5 heteroatoms. The minimum atomic E-state index is -0.451. The molecular formula is C13H17FN2O2. The lowest BCUT2D eigenvalue weighted by molar-refractivity contribution is -0.129. The number of halogens is 1. The van der Waals surface area contributed by atoms with Gasteiger partial charge in [0, 0.05) is 18.3 Å². The Morgan fingerprint density at radius 2 is 2.28 bits per heavy atom. The molecule has 1 fully saturated rings. The van der Waals surface area contributed by atoms with Gasteiger partial charge in [-0.25, -0.2) is 4.39 Å². The molecule has 1 aliphatic rings. The lowest BCUT2D eigenvalue weighted by Crippen LogP contribution is -2.47. The summed E-state index contributed by atoms with van der Waals surface area (Å²) in [5, 5.41) is 2.77. The van der Waals surface area contributed by atoms with Gasteiger partial charge in [0.25, 0.3) is 0 Å². The Morgan fingerprint density at radius 3 is 2.78 bits per heavy atom. The normalized spacial score (nSPS) is 16.8. The molecule has 2 rings (SSSR count). The van der Waals surface area contributed by atoms with E-state index in [1.807, 2.05) is 0 Å². The topological polar surface area (TPSA) is 64.3 Å². The zero-order valence-electron chi connectivity index (χ0n) is 10.3. The Labute approximate surface area is 105 Å². The third kappa shape index (κ3) is 2.18. The molecule has 0 atom stereocenters. The van der Waals surface area contributed by atoms with Crippen molar-refractivity contribution in [2.45, 2.75) is 19.3 Å². The highest BCUT2D eigenvalue weighted by molar-refractivity contribution is 5.96. The molecule has 1 aromatic rings. The van der Waals surface area contributed by atoms with Crippen LogP contribution in [-0.2, 0) is 4.79 Å². The molecule has 4 nitrogen and oxygen atoms in total. The van der Waals surface area contributed by atoms with Crippen LogP contribution in [0.15, 0.2) is 18.2 Å². The van der Waals surface area contributed by atoms with Crippen molar-refractivity contribution in [1.29, 1.82) is 0 Å². The highest BCUT2D eigenvalue weighted by Gasteiger charge is 2.42. The number of hydrogen-bond donors (Lipinski definition) is 2. The van der Waals surface area contributed by atoms with Crippen molar-refractivity contribution >= 4 is 11.6 Å². The molecule has 0 aromatic heterocycles. The second-order valence-electron chi connectivity index (χ2n) is 4.64. The van der Waals surface area contributed by atoms with Crippen LogP contribution in [-0.4, -0.2) is 19.6 Å². The summed E-state index contributed by atoms with van der Waals surface area (Å²) >= 11 is 0. The van der Waals surface area contributed by atoms with Gasteiger partial charge in [-0.05, 0) is 25.0 Å². The number of amides is 1. The van der Waals surface area contributed by atoms with E-state index in [1.165, 1.54) is 25.3 Å². The van der Waals surface area contributed by atoms with Crippen LogP contribution in [0.4, 0.5) is 10.1 Å². The largest absolute Gasteiger partial charge is 0.494 e. The maximum absolute atomic E-state index is 13.2. The predicted molar refractivity (Wildman–Crippen MR) is 66.9 cm³/mol. The van der Waals surface area contributed by atoms with E-state index in [1.54, 1.807) is 0 Å². The fraction of sp³-hybridized carbons (Fsp3) is 0.462. The Balaban J connectivity index is 2.12. The maximum atomic E-state index is 13.2. The van der Waals surface area contributed by atoms with Crippen LogP contribution in [0.1, 0.15) is 19.3 Å². The van der Waals surface area contributed by atoms with Crippen LogP contribution < -0.4 is 15.8 Å². The van der Waals surface area contributed by atoms with Crippen LogP contribution in [0, 0.1) is 11.2 Å². The number of carbonyl (C=O) groups is 1. The molecular weight excluding hydrogens is 235 g/mol. The lowest BCUT2D eigenvalue weighted by atomic mass is 9.68. The van der Waals surface area contributed by atoms with Gasteiger partial charge in [-0.3, -0.25) is 4.79 Å². The summed E-state index contributed by atoms with van der Waals surface area (Å²) in [6.07, 6.45) is 2.65. The number of carbonyl (C=O) groups excluding carboxylic acids is 1. The van der Waals surface area contributed by atoms with Crippen LogP contribution in [0.2, 0.25) is 0 Å². The van der Waals surface area contributed by atoms with E-state index in [4.69, 9.17) is 10.5 Å². The van der Waals surface area contributed by atoms with E-state index in [-0.39, 0.29) is 11.7 Å². The number of hydrogen-bond acceptors (Lipinski definition) is 3. The number of rotatable bonds is 4. The molecule has 0 aliphatic heterocycles. The summed E-state index contributed by atoms with van der Waals surface area (Å²) in [6.45, 7) is 0.344. The van der Waals surface area contributed by atoms with E-state index < -0.39 is 11.2 Å². The average Bonchev–Trinajstić information content (AvgIpc) is 2.31. The Morgan fingerprint density at radius 1 is 1.56 bits per heavy atom. The highest BCUT2D eigenvalue weighted by atomic mass is 19.1. The second kappa shape index (κ2) is 4.94. The van der Waals surface area contributed by atoms with Crippen molar-refractivity contribution in [1.82, 2.24) is 0 Å². The summed E-state index contributed by atoms with van der Waals surface area (Å²) in [5.74, 6) is -0.430. The fourth-order valence-electron chi connectivity index (χ4n) is 2.13. The summed E-state index contributed by atoms with van der Waals surface area (Å²) in [7, 11) is 1.39. The first-order chi connectivity index (χ1) is 8.61. The monoisotopic (exact) mass is 252 g/mol. The van der Waals surface area contributed by atoms with Gasteiger partial charge in [0.2, 0.25) is 5.91 Å². The lowest BCUT2D eigenvalue weighted by Gasteiger charge is -2.39. The zero-order valence-corrected chi connectivity index (χ0v) is 10.3. The molecule has 18 heavy (non-hydrogen) atoms. The molecule has 1 saturated carbocycles. The van der Waals surface area contributed by atoms with Gasteiger partial charge in [0.15, 0.2) is 11.6 Å². The fourth-order valence-corrected chi connectivity index (χ4v) is 2.13. The molecule has 0 radical (unpaired) electrons. The number of nitrogens with two attached hydrogens (primary N) is 1. The minimum Gasteiger partial charge on any atom is -0.494 e. The van der Waals surface area contributed by atoms with E-state index in [9.17, 15) is 9.18 Å². The predicted octanol–water partition coefficient (Wildman–Crippen LogP) is 1.90. The van der Waals surface area contributed by atoms with E-state index in [0.29, 0.717) is 12.2 Å². The third-order valence-electron chi connectivity index (χ3n) is 3.59. The molecule has 0 spiro atoms. The number of ether oxygens (including phenoxy) is 1. The van der Waals surface area contributed by atoms with Gasteiger partial charge < -0.3 is 15.8 Å². The number of anilines is 1. The molecule has 1 aliphatic carbocycles. The molecule has 1 amide bonds. The van der Waals surface area contributed by atoms with Gasteiger partial charge in [-0.15, -0.1) is 0 Å². The first kappa shape index (κ1) is 12.8. The molecule has 3 N–H and O–H groups in total. The summed E-state index contributed by atoms with van der Waals surface area (Å²) in [4.78, 5) is 12.1. The number of methoxy groups -OCH3 is 1. The van der Waals surface area contributed by atoms with E-state index >= 15 is 0 Å². The van der Waals surface area contributed by atoms with Gasteiger partial charge >= 0.3 is 0 Å². The SMILES string of the molecule is COc1cc(NC(=O)C2(CN)CCC2)ccc1F. The van der Waals surface area contributed by atoms with Crippen molar-refractivity contribution in [2.75, 3.05) is 19.0 Å². The smallest absolute Gasteiger partial charge is 0.231 e. The molecule has 0 bridgehead atoms. The second-order valence-corrected chi connectivity index (χ2v) is 4.64. The van der Waals surface area contributed by atoms with Gasteiger partial charge in [-0.1, -0.05) is 6.42 Å². The van der Waals surface area contributed by atoms with Gasteiger partial charge in [-0.2, -0.15) is 0 Å². The average molecular weight is 252 g/mol. The first-order valence-corrected chi connectivity index (χ1v) is 5.96. The standard InChI is InChI=1S/C13H17FN2O2/c1-18-11-7-9(3-4-10(11)14)16-12(17)13(8-15)5-2-6-13/h3-4,7H,2,5-6,8,15H2,1H3,(H,16,17). The Bertz CT molecular complexity index is 453. The van der Waals surface area contributed by atoms with Crippen LogP contribution in [0.25, 0.3) is 0 Å². The third-order valence-corrected chi connectivity index (χ3v) is 3.59. The maximum Gasteiger partial charge on any atom is 0.231 e. The molecule has 0 saturated heterocycles. The van der Waals surface area contributed by atoms with Crippen LogP contribution in [0.3, 0.4) is 0 Å². The zero-order chi connectivity index (χ0) is 13.2. The van der Waals surface area contributed by atoms with E-state index in [0.717, 1.165) is 19.3 Å².